The highest BCUT2D eigenvalue weighted by Gasteiger charge is 2.11. The second-order valence-corrected chi connectivity index (χ2v) is 5.60. The molecule has 0 aliphatic carbocycles. The maximum absolute atomic E-state index is 12.1. The van der Waals surface area contributed by atoms with E-state index in [1.807, 2.05) is 19.1 Å². The number of nitrogens with zero attached hydrogens (tertiary/aromatic N) is 3. The summed E-state index contributed by atoms with van der Waals surface area (Å²) >= 11 is 5.99. The molecular formula is C16H14ClN5O2. The minimum absolute atomic E-state index is 0.170. The van der Waals surface area contributed by atoms with Crippen molar-refractivity contribution in [3.63, 3.8) is 0 Å². The molecule has 24 heavy (non-hydrogen) atoms. The predicted molar refractivity (Wildman–Crippen MR) is 90.7 cm³/mol. The van der Waals surface area contributed by atoms with Crippen molar-refractivity contribution in [2.45, 2.75) is 13.8 Å². The van der Waals surface area contributed by atoms with E-state index >= 15 is 0 Å². The van der Waals surface area contributed by atoms with Crippen LogP contribution in [0.3, 0.4) is 0 Å². The maximum atomic E-state index is 12.1. The van der Waals surface area contributed by atoms with Crippen molar-refractivity contribution in [3.05, 3.63) is 58.4 Å². The number of hydrogen-bond donors (Lipinski definition) is 2. The van der Waals surface area contributed by atoms with E-state index < -0.39 is 5.91 Å². The van der Waals surface area contributed by atoms with Crippen LogP contribution in [-0.2, 0) is 0 Å². The van der Waals surface area contributed by atoms with E-state index in [1.165, 1.54) is 0 Å². The van der Waals surface area contributed by atoms with E-state index in [0.29, 0.717) is 22.4 Å². The SMILES string of the molecule is Cc1cc(NC(=O)c2ccc(Nc3cc(Cl)ccc3C)nn2)no1. The number of halogens is 1. The van der Waals surface area contributed by atoms with Crippen LogP contribution >= 0.6 is 11.6 Å². The minimum atomic E-state index is -0.415. The summed E-state index contributed by atoms with van der Waals surface area (Å²) in [6.45, 7) is 3.69. The van der Waals surface area contributed by atoms with Gasteiger partial charge >= 0.3 is 0 Å². The van der Waals surface area contributed by atoms with Crippen molar-refractivity contribution in [1.82, 2.24) is 15.4 Å². The Hall–Kier alpha value is -2.93. The number of rotatable bonds is 4. The van der Waals surface area contributed by atoms with E-state index in [9.17, 15) is 4.79 Å². The topological polar surface area (TPSA) is 92.9 Å². The van der Waals surface area contributed by atoms with Gasteiger partial charge in [0.25, 0.3) is 5.91 Å². The lowest BCUT2D eigenvalue weighted by Gasteiger charge is -2.09. The van der Waals surface area contributed by atoms with Gasteiger partial charge in [-0.05, 0) is 43.7 Å². The van der Waals surface area contributed by atoms with E-state index in [2.05, 4.69) is 26.0 Å². The maximum Gasteiger partial charge on any atom is 0.277 e. The standard InChI is InChI=1S/C16H14ClN5O2/c1-9-3-4-11(17)8-13(9)18-14-6-5-12(20-21-14)16(23)19-15-7-10(2)24-22-15/h3-8H,1-2H3,(H,18,21)(H,19,22,23). The molecule has 122 valence electrons. The van der Waals surface area contributed by atoms with Gasteiger partial charge < -0.3 is 15.2 Å². The monoisotopic (exact) mass is 343 g/mol. The molecule has 1 amide bonds. The summed E-state index contributed by atoms with van der Waals surface area (Å²) in [5, 5.41) is 17.9. The number of aromatic nitrogens is 3. The molecule has 8 heteroatoms. The summed E-state index contributed by atoms with van der Waals surface area (Å²) in [5.41, 5.74) is 2.01. The van der Waals surface area contributed by atoms with Gasteiger partial charge in [0.2, 0.25) is 0 Å². The summed E-state index contributed by atoms with van der Waals surface area (Å²) < 4.78 is 4.89. The highest BCUT2D eigenvalue weighted by molar-refractivity contribution is 6.30. The Morgan fingerprint density at radius 3 is 2.58 bits per heavy atom. The summed E-state index contributed by atoms with van der Waals surface area (Å²) in [7, 11) is 0. The third-order valence-corrected chi connectivity index (χ3v) is 3.46. The average Bonchev–Trinajstić information content (AvgIpc) is 2.96. The van der Waals surface area contributed by atoms with Gasteiger partial charge in [0.15, 0.2) is 17.3 Å². The van der Waals surface area contributed by atoms with Crippen LogP contribution in [0.25, 0.3) is 0 Å². The molecule has 3 rings (SSSR count). The summed E-state index contributed by atoms with van der Waals surface area (Å²) in [6.07, 6.45) is 0. The number of amides is 1. The van der Waals surface area contributed by atoms with Crippen LogP contribution in [-0.4, -0.2) is 21.3 Å². The van der Waals surface area contributed by atoms with Crippen molar-refractivity contribution >= 4 is 34.8 Å². The lowest BCUT2D eigenvalue weighted by Crippen LogP contribution is -2.14. The van der Waals surface area contributed by atoms with Gasteiger partial charge in [0.1, 0.15) is 5.76 Å². The molecule has 1 aromatic carbocycles. The molecule has 0 saturated carbocycles. The fraction of sp³-hybridized carbons (Fsp3) is 0.125. The molecule has 7 nitrogen and oxygen atoms in total. The van der Waals surface area contributed by atoms with Crippen LogP contribution in [0.1, 0.15) is 21.8 Å². The number of anilines is 3. The van der Waals surface area contributed by atoms with Crippen molar-refractivity contribution in [1.29, 1.82) is 0 Å². The van der Waals surface area contributed by atoms with E-state index in [0.717, 1.165) is 11.3 Å². The molecule has 0 saturated heterocycles. The van der Waals surface area contributed by atoms with Gasteiger partial charge in [-0.1, -0.05) is 22.8 Å². The first-order chi connectivity index (χ1) is 11.5. The van der Waals surface area contributed by atoms with Gasteiger partial charge in [-0.2, -0.15) is 0 Å². The zero-order valence-corrected chi connectivity index (χ0v) is 13.8. The van der Waals surface area contributed by atoms with Crippen molar-refractivity contribution < 1.29 is 9.32 Å². The number of carbonyl (C=O) groups excluding carboxylic acids is 1. The Kier molecular flexibility index (Phi) is 4.43. The molecule has 0 spiro atoms. The third kappa shape index (κ3) is 3.69. The first kappa shape index (κ1) is 15.9. The zero-order valence-electron chi connectivity index (χ0n) is 13.0. The lowest BCUT2D eigenvalue weighted by atomic mass is 10.2. The van der Waals surface area contributed by atoms with Crippen LogP contribution in [0.15, 0.2) is 40.9 Å². The van der Waals surface area contributed by atoms with Crippen LogP contribution < -0.4 is 10.6 Å². The van der Waals surface area contributed by atoms with Crippen molar-refractivity contribution in [3.8, 4) is 0 Å². The Morgan fingerprint density at radius 2 is 1.92 bits per heavy atom. The molecule has 0 unspecified atom stereocenters. The lowest BCUT2D eigenvalue weighted by molar-refractivity contribution is 0.102. The summed E-state index contributed by atoms with van der Waals surface area (Å²) in [4.78, 5) is 12.1. The molecule has 3 aromatic rings. The fourth-order valence-electron chi connectivity index (χ4n) is 1.99. The average molecular weight is 344 g/mol. The number of hydrogen-bond acceptors (Lipinski definition) is 6. The van der Waals surface area contributed by atoms with Crippen LogP contribution in [0, 0.1) is 13.8 Å². The number of aryl methyl sites for hydroxylation is 2. The van der Waals surface area contributed by atoms with E-state index in [-0.39, 0.29) is 5.69 Å². The number of carbonyl (C=O) groups is 1. The largest absolute Gasteiger partial charge is 0.360 e. The molecule has 0 aliphatic rings. The second kappa shape index (κ2) is 6.67. The van der Waals surface area contributed by atoms with Crippen molar-refractivity contribution in [2.75, 3.05) is 10.6 Å². The van der Waals surface area contributed by atoms with Gasteiger partial charge in [-0.15, -0.1) is 10.2 Å². The summed E-state index contributed by atoms with van der Waals surface area (Å²) in [6, 6.07) is 10.4. The molecule has 0 radical (unpaired) electrons. The second-order valence-electron chi connectivity index (χ2n) is 5.16. The van der Waals surface area contributed by atoms with Crippen LogP contribution in [0.4, 0.5) is 17.3 Å². The first-order valence-corrected chi connectivity index (χ1v) is 7.50. The van der Waals surface area contributed by atoms with Gasteiger partial charge in [-0.3, -0.25) is 4.79 Å². The van der Waals surface area contributed by atoms with Gasteiger partial charge in [0, 0.05) is 16.8 Å². The normalized spacial score (nSPS) is 10.5. The Bertz CT molecular complexity index is 876. The van der Waals surface area contributed by atoms with Gasteiger partial charge in [0.05, 0.1) is 0 Å². The van der Waals surface area contributed by atoms with Crippen LogP contribution in [0.5, 0.6) is 0 Å². The predicted octanol–water partition coefficient (Wildman–Crippen LogP) is 3.73. The highest BCUT2D eigenvalue weighted by atomic mass is 35.5. The molecule has 0 aliphatic heterocycles. The Labute approximate surface area is 143 Å². The van der Waals surface area contributed by atoms with Crippen molar-refractivity contribution in [2.24, 2.45) is 0 Å². The summed E-state index contributed by atoms with van der Waals surface area (Å²) in [5.74, 6) is 1.03. The molecule has 2 heterocycles. The molecule has 0 fully saturated rings. The highest BCUT2D eigenvalue weighted by Crippen LogP contribution is 2.23. The van der Waals surface area contributed by atoms with Gasteiger partial charge in [-0.25, -0.2) is 0 Å². The first-order valence-electron chi connectivity index (χ1n) is 7.13. The number of nitrogens with one attached hydrogen (secondary N) is 2. The minimum Gasteiger partial charge on any atom is -0.360 e. The van der Waals surface area contributed by atoms with E-state index in [4.69, 9.17) is 16.1 Å². The molecule has 0 bridgehead atoms. The zero-order chi connectivity index (χ0) is 17.1. The fourth-order valence-corrected chi connectivity index (χ4v) is 2.16. The molecule has 2 N–H and O–H groups in total. The number of benzene rings is 1. The molecular weight excluding hydrogens is 330 g/mol. The van der Waals surface area contributed by atoms with Crippen LogP contribution in [0.2, 0.25) is 5.02 Å². The Morgan fingerprint density at radius 1 is 1.08 bits per heavy atom. The molecule has 2 aromatic heterocycles. The molecule has 0 atom stereocenters. The quantitative estimate of drug-likeness (QED) is 0.749. The Balaban J connectivity index is 1.71. The smallest absolute Gasteiger partial charge is 0.277 e. The van der Waals surface area contributed by atoms with E-state index in [1.54, 1.807) is 31.2 Å². The third-order valence-electron chi connectivity index (χ3n) is 3.23.